The number of hydrogen-bond donors (Lipinski definition) is 2. The van der Waals surface area contributed by atoms with E-state index in [1.807, 2.05) is 47.4 Å². The zero-order chi connectivity index (χ0) is 19.8. The summed E-state index contributed by atoms with van der Waals surface area (Å²) in [6, 6.07) is 16.7. The molecule has 2 unspecified atom stereocenters. The van der Waals surface area contributed by atoms with E-state index in [0.29, 0.717) is 5.92 Å². The zero-order valence-electron chi connectivity index (χ0n) is 16.4. The van der Waals surface area contributed by atoms with Crippen LogP contribution >= 0.6 is 0 Å². The quantitative estimate of drug-likeness (QED) is 0.554. The lowest BCUT2D eigenvalue weighted by Gasteiger charge is -2.10. The Morgan fingerprint density at radius 3 is 2.69 bits per heavy atom. The normalized spacial score (nSPS) is 17.7. The van der Waals surface area contributed by atoms with Crippen molar-refractivity contribution in [1.82, 2.24) is 19.9 Å². The highest BCUT2D eigenvalue weighted by molar-refractivity contribution is 5.78. The summed E-state index contributed by atoms with van der Waals surface area (Å²) in [6.45, 7) is 3.95. The van der Waals surface area contributed by atoms with Gasteiger partial charge >= 0.3 is 0 Å². The highest BCUT2D eigenvalue weighted by Gasteiger charge is 2.16. The van der Waals surface area contributed by atoms with Crippen molar-refractivity contribution in [3.8, 4) is 22.3 Å². The maximum absolute atomic E-state index is 9.87. The number of rotatable bonds is 4. The topological polar surface area (TPSA) is 62.5 Å². The SMILES string of the molecule is CC(O)c1cccc(-c2cnn3cc(-c4ccc(C5CCNC5)cc4)cnc23)c1. The van der Waals surface area contributed by atoms with Crippen molar-refractivity contribution in [2.45, 2.75) is 25.4 Å². The Hall–Kier alpha value is -3.02. The van der Waals surface area contributed by atoms with E-state index in [2.05, 4.69) is 34.7 Å². The summed E-state index contributed by atoms with van der Waals surface area (Å²) < 4.78 is 1.83. The van der Waals surface area contributed by atoms with Crippen molar-refractivity contribution in [2.75, 3.05) is 13.1 Å². The van der Waals surface area contributed by atoms with Gasteiger partial charge in [0.1, 0.15) is 0 Å². The Balaban J connectivity index is 1.47. The van der Waals surface area contributed by atoms with Gasteiger partial charge in [-0.15, -0.1) is 0 Å². The maximum Gasteiger partial charge on any atom is 0.162 e. The molecule has 0 aliphatic carbocycles. The molecule has 4 aromatic rings. The predicted molar refractivity (Wildman–Crippen MR) is 115 cm³/mol. The number of fused-ring (bicyclic) bond motifs is 1. The van der Waals surface area contributed by atoms with Crippen LogP contribution in [0.1, 0.15) is 36.5 Å². The van der Waals surface area contributed by atoms with Crippen LogP contribution in [0.3, 0.4) is 0 Å². The van der Waals surface area contributed by atoms with Crippen molar-refractivity contribution < 1.29 is 5.11 Å². The fourth-order valence-corrected chi connectivity index (χ4v) is 4.08. The predicted octanol–water partition coefficient (Wildman–Crippen LogP) is 4.19. The third kappa shape index (κ3) is 3.43. The summed E-state index contributed by atoms with van der Waals surface area (Å²) in [5.74, 6) is 0.621. The Kier molecular flexibility index (Phi) is 4.62. The number of benzene rings is 2. The van der Waals surface area contributed by atoms with Crippen molar-refractivity contribution in [3.05, 3.63) is 78.2 Å². The molecule has 1 fully saturated rings. The van der Waals surface area contributed by atoms with Gasteiger partial charge < -0.3 is 10.4 Å². The molecular weight excluding hydrogens is 360 g/mol. The van der Waals surface area contributed by atoms with Gasteiger partial charge in [-0.25, -0.2) is 9.50 Å². The van der Waals surface area contributed by atoms with E-state index in [1.54, 1.807) is 6.92 Å². The molecule has 2 N–H and O–H groups in total. The molecule has 2 aromatic heterocycles. The summed E-state index contributed by atoms with van der Waals surface area (Å²) >= 11 is 0. The van der Waals surface area contributed by atoms with Crippen LogP contribution in [0.2, 0.25) is 0 Å². The summed E-state index contributed by atoms with van der Waals surface area (Å²) in [5, 5.41) is 17.8. The molecule has 2 aromatic carbocycles. The van der Waals surface area contributed by atoms with E-state index in [-0.39, 0.29) is 0 Å². The van der Waals surface area contributed by atoms with Crippen LogP contribution in [0.15, 0.2) is 67.1 Å². The molecule has 146 valence electrons. The van der Waals surface area contributed by atoms with Crippen molar-refractivity contribution >= 4 is 5.65 Å². The van der Waals surface area contributed by atoms with E-state index in [0.717, 1.165) is 46.6 Å². The van der Waals surface area contributed by atoms with Crippen LogP contribution in [-0.4, -0.2) is 32.8 Å². The third-order valence-electron chi connectivity index (χ3n) is 5.81. The minimum Gasteiger partial charge on any atom is -0.389 e. The number of aromatic nitrogens is 3. The first-order valence-corrected chi connectivity index (χ1v) is 10.1. The monoisotopic (exact) mass is 384 g/mol. The van der Waals surface area contributed by atoms with E-state index >= 15 is 0 Å². The zero-order valence-corrected chi connectivity index (χ0v) is 16.4. The molecule has 29 heavy (non-hydrogen) atoms. The average molecular weight is 384 g/mol. The Labute approximate surface area is 170 Å². The largest absolute Gasteiger partial charge is 0.389 e. The van der Waals surface area contributed by atoms with Crippen LogP contribution in [0, 0.1) is 0 Å². The molecule has 5 nitrogen and oxygen atoms in total. The number of aliphatic hydroxyl groups excluding tert-OH is 1. The second-order valence-corrected chi connectivity index (χ2v) is 7.78. The molecule has 3 heterocycles. The first-order chi connectivity index (χ1) is 14.2. The molecular formula is C24H24N4O. The van der Waals surface area contributed by atoms with Gasteiger partial charge in [-0.1, -0.05) is 42.5 Å². The molecule has 2 atom stereocenters. The molecule has 0 amide bonds. The lowest BCUT2D eigenvalue weighted by molar-refractivity contribution is 0.199. The van der Waals surface area contributed by atoms with Crippen LogP contribution < -0.4 is 5.32 Å². The molecule has 1 saturated heterocycles. The van der Waals surface area contributed by atoms with E-state index in [1.165, 1.54) is 12.0 Å². The molecule has 0 spiro atoms. The van der Waals surface area contributed by atoms with Crippen LogP contribution in [0.5, 0.6) is 0 Å². The molecule has 5 rings (SSSR count). The minimum atomic E-state index is -0.501. The van der Waals surface area contributed by atoms with Gasteiger partial charge in [0.05, 0.1) is 12.3 Å². The van der Waals surface area contributed by atoms with Gasteiger partial charge in [0.15, 0.2) is 5.65 Å². The van der Waals surface area contributed by atoms with E-state index in [4.69, 9.17) is 4.98 Å². The fourth-order valence-electron chi connectivity index (χ4n) is 4.08. The third-order valence-corrected chi connectivity index (χ3v) is 5.81. The number of hydrogen-bond acceptors (Lipinski definition) is 4. The number of nitrogens with one attached hydrogen (secondary N) is 1. The Morgan fingerprint density at radius 1 is 1.07 bits per heavy atom. The molecule has 0 saturated carbocycles. The van der Waals surface area contributed by atoms with Gasteiger partial charge in [-0.05, 0) is 54.1 Å². The highest BCUT2D eigenvalue weighted by Crippen LogP contribution is 2.29. The summed E-state index contributed by atoms with van der Waals surface area (Å²) in [5.41, 5.74) is 7.24. The second kappa shape index (κ2) is 7.43. The average Bonchev–Trinajstić information content (AvgIpc) is 3.44. The smallest absolute Gasteiger partial charge is 0.162 e. The Morgan fingerprint density at radius 2 is 1.93 bits per heavy atom. The van der Waals surface area contributed by atoms with Crippen molar-refractivity contribution in [2.24, 2.45) is 0 Å². The Bertz CT molecular complexity index is 1140. The standard InChI is InChI=1S/C24H24N4O/c1-16(29)19-3-2-4-20(11-19)23-14-27-28-15-22(13-26-24(23)28)18-7-5-17(6-8-18)21-9-10-25-12-21/h2-8,11,13-16,21,25,29H,9-10,12H2,1H3. The van der Waals surface area contributed by atoms with E-state index < -0.39 is 6.10 Å². The highest BCUT2D eigenvalue weighted by atomic mass is 16.3. The minimum absolute atomic E-state index is 0.501. The number of aliphatic hydroxyl groups is 1. The molecule has 5 heteroatoms. The summed E-state index contributed by atoms with van der Waals surface area (Å²) in [4.78, 5) is 4.70. The van der Waals surface area contributed by atoms with Gasteiger partial charge in [0.2, 0.25) is 0 Å². The van der Waals surface area contributed by atoms with Crippen molar-refractivity contribution in [3.63, 3.8) is 0 Å². The van der Waals surface area contributed by atoms with Crippen molar-refractivity contribution in [1.29, 1.82) is 0 Å². The van der Waals surface area contributed by atoms with Gasteiger partial charge in [-0.3, -0.25) is 0 Å². The molecule has 1 aliphatic rings. The maximum atomic E-state index is 9.87. The first kappa shape index (κ1) is 18.0. The lowest BCUT2D eigenvalue weighted by atomic mass is 9.96. The first-order valence-electron chi connectivity index (χ1n) is 10.1. The lowest BCUT2D eigenvalue weighted by Crippen LogP contribution is -2.07. The molecule has 0 bridgehead atoms. The van der Waals surface area contributed by atoms with E-state index in [9.17, 15) is 5.11 Å². The van der Waals surface area contributed by atoms with Gasteiger partial charge in [0, 0.05) is 30.1 Å². The fraction of sp³-hybridized carbons (Fsp3) is 0.250. The summed E-state index contributed by atoms with van der Waals surface area (Å²) in [7, 11) is 0. The second-order valence-electron chi connectivity index (χ2n) is 7.78. The molecule has 1 aliphatic heterocycles. The summed E-state index contributed by atoms with van der Waals surface area (Å²) in [6.07, 6.45) is 6.48. The van der Waals surface area contributed by atoms with Crippen LogP contribution in [-0.2, 0) is 0 Å². The van der Waals surface area contributed by atoms with Gasteiger partial charge in [0.25, 0.3) is 0 Å². The molecule has 0 radical (unpaired) electrons. The number of nitrogens with zero attached hydrogens (tertiary/aromatic N) is 3. The van der Waals surface area contributed by atoms with Crippen LogP contribution in [0.4, 0.5) is 0 Å². The van der Waals surface area contributed by atoms with Crippen LogP contribution in [0.25, 0.3) is 27.9 Å². The van der Waals surface area contributed by atoms with Gasteiger partial charge in [-0.2, -0.15) is 5.10 Å².